The Morgan fingerprint density at radius 3 is 3.00 bits per heavy atom. The monoisotopic (exact) mass is 352 g/mol. The maximum absolute atomic E-state index is 12.2. The highest BCUT2D eigenvalue weighted by Gasteiger charge is 2.26. The van der Waals surface area contributed by atoms with E-state index < -0.39 is 0 Å². The van der Waals surface area contributed by atoms with Gasteiger partial charge in [-0.2, -0.15) is 5.10 Å². The molecule has 1 aliphatic heterocycles. The van der Waals surface area contributed by atoms with Crippen molar-refractivity contribution in [1.29, 1.82) is 0 Å². The number of rotatable bonds is 6. The topological polar surface area (TPSA) is 59.4 Å². The zero-order chi connectivity index (χ0) is 17.9. The van der Waals surface area contributed by atoms with Crippen LogP contribution in [0.4, 0.5) is 0 Å². The van der Waals surface area contributed by atoms with E-state index in [4.69, 9.17) is 4.74 Å². The third kappa shape index (κ3) is 3.80. The molecule has 1 aromatic carbocycles. The molecule has 2 heterocycles. The molecule has 6 nitrogen and oxygen atoms in total. The summed E-state index contributed by atoms with van der Waals surface area (Å²) in [5.41, 5.74) is 2.72. The number of benzene rings is 1. The molecule has 0 saturated heterocycles. The Kier molecular flexibility index (Phi) is 4.75. The smallest absolute Gasteiger partial charge is 0.272 e. The summed E-state index contributed by atoms with van der Waals surface area (Å²) in [7, 11) is 1.69. The third-order valence-electron chi connectivity index (χ3n) is 4.82. The molecule has 0 atom stereocenters. The van der Waals surface area contributed by atoms with Gasteiger partial charge in [0.05, 0.1) is 19.3 Å². The second kappa shape index (κ2) is 7.33. The first-order chi connectivity index (χ1) is 12.7. The summed E-state index contributed by atoms with van der Waals surface area (Å²) in [5.74, 6) is 0.837. The van der Waals surface area contributed by atoms with E-state index in [1.54, 1.807) is 7.11 Å². The molecule has 1 aliphatic carbocycles. The predicted molar refractivity (Wildman–Crippen MR) is 100 cm³/mol. The van der Waals surface area contributed by atoms with Crippen LogP contribution in [0, 0.1) is 0 Å². The van der Waals surface area contributed by atoms with Crippen LogP contribution in [0.5, 0.6) is 5.75 Å². The molecule has 1 fully saturated rings. The minimum absolute atomic E-state index is 0.0444. The normalized spacial score (nSPS) is 17.3. The summed E-state index contributed by atoms with van der Waals surface area (Å²) in [6.45, 7) is 3.40. The van der Waals surface area contributed by atoms with Gasteiger partial charge in [-0.15, -0.1) is 0 Å². The van der Waals surface area contributed by atoms with Crippen LogP contribution >= 0.6 is 0 Å². The van der Waals surface area contributed by atoms with Crippen molar-refractivity contribution in [3.05, 3.63) is 53.4 Å². The number of hydrogen-bond acceptors (Lipinski definition) is 4. The van der Waals surface area contributed by atoms with Gasteiger partial charge < -0.3 is 10.1 Å². The number of ether oxygens (including phenoxy) is 1. The lowest BCUT2D eigenvalue weighted by atomic mass is 10.2. The van der Waals surface area contributed by atoms with E-state index in [2.05, 4.69) is 27.5 Å². The largest absolute Gasteiger partial charge is 0.496 e. The highest BCUT2D eigenvalue weighted by Crippen LogP contribution is 2.21. The fourth-order valence-electron chi connectivity index (χ4n) is 3.21. The molecule has 0 bridgehead atoms. The molecule has 1 amide bonds. The number of para-hydroxylation sites is 1. The van der Waals surface area contributed by atoms with Gasteiger partial charge in [0.1, 0.15) is 5.75 Å². The number of carbonyl (C=O) groups is 1. The molecule has 6 heteroatoms. The van der Waals surface area contributed by atoms with Crippen LogP contribution in [0.2, 0.25) is 0 Å². The number of amides is 1. The van der Waals surface area contributed by atoms with Crippen LogP contribution in [0.25, 0.3) is 6.08 Å². The van der Waals surface area contributed by atoms with Gasteiger partial charge in [0.15, 0.2) is 5.69 Å². The molecular weight excluding hydrogens is 328 g/mol. The standard InChI is InChI=1S/C20H24N4O2/c1-26-19-7-3-2-5-15(19)6-4-10-23-11-12-24-17(14-23)13-18(22-24)20(25)21-16-8-9-16/h2-7,13,16H,8-12,14H2,1H3,(H,21,25). The third-order valence-corrected chi connectivity index (χ3v) is 4.82. The van der Waals surface area contributed by atoms with Crippen molar-refractivity contribution >= 4 is 12.0 Å². The van der Waals surface area contributed by atoms with Gasteiger partial charge in [0.2, 0.25) is 0 Å². The van der Waals surface area contributed by atoms with E-state index in [9.17, 15) is 4.79 Å². The molecular formula is C20H24N4O2. The number of carbonyl (C=O) groups excluding carboxylic acids is 1. The van der Waals surface area contributed by atoms with Crippen LogP contribution in [0.3, 0.4) is 0 Å². The SMILES string of the molecule is COc1ccccc1C=CCN1CCn2nc(C(=O)NC3CC3)cc2C1. The lowest BCUT2D eigenvalue weighted by Crippen LogP contribution is -2.33. The highest BCUT2D eigenvalue weighted by molar-refractivity contribution is 5.92. The molecule has 4 rings (SSSR count). The first-order valence-corrected chi connectivity index (χ1v) is 9.12. The highest BCUT2D eigenvalue weighted by atomic mass is 16.5. The van der Waals surface area contributed by atoms with Crippen LogP contribution in [-0.2, 0) is 13.1 Å². The molecule has 1 N–H and O–H groups in total. The van der Waals surface area contributed by atoms with Crippen molar-refractivity contribution < 1.29 is 9.53 Å². The van der Waals surface area contributed by atoms with E-state index in [1.807, 2.05) is 35.0 Å². The lowest BCUT2D eigenvalue weighted by molar-refractivity contribution is 0.0945. The number of nitrogens with one attached hydrogen (secondary N) is 1. The minimum atomic E-state index is -0.0444. The average Bonchev–Trinajstić information content (AvgIpc) is 3.37. The number of hydrogen-bond donors (Lipinski definition) is 1. The Labute approximate surface area is 153 Å². The van der Waals surface area contributed by atoms with Gasteiger partial charge in [0, 0.05) is 31.2 Å². The van der Waals surface area contributed by atoms with E-state index in [-0.39, 0.29) is 5.91 Å². The second-order valence-electron chi connectivity index (χ2n) is 6.87. The van der Waals surface area contributed by atoms with Crippen LogP contribution in [0.1, 0.15) is 34.6 Å². The summed E-state index contributed by atoms with van der Waals surface area (Å²) < 4.78 is 7.34. The van der Waals surface area contributed by atoms with E-state index >= 15 is 0 Å². The molecule has 2 aromatic rings. The molecule has 136 valence electrons. The van der Waals surface area contributed by atoms with E-state index in [1.165, 1.54) is 0 Å². The van der Waals surface area contributed by atoms with Crippen molar-refractivity contribution in [1.82, 2.24) is 20.0 Å². The quantitative estimate of drug-likeness (QED) is 0.867. The van der Waals surface area contributed by atoms with Gasteiger partial charge in [-0.25, -0.2) is 0 Å². The number of aromatic nitrogens is 2. The molecule has 0 unspecified atom stereocenters. The molecule has 2 aliphatic rings. The van der Waals surface area contributed by atoms with Gasteiger partial charge in [0.25, 0.3) is 5.91 Å². The Hall–Kier alpha value is -2.60. The van der Waals surface area contributed by atoms with Crippen molar-refractivity contribution in [3.8, 4) is 5.75 Å². The van der Waals surface area contributed by atoms with Crippen LogP contribution in [0.15, 0.2) is 36.4 Å². The first-order valence-electron chi connectivity index (χ1n) is 9.12. The van der Waals surface area contributed by atoms with Gasteiger partial charge >= 0.3 is 0 Å². The van der Waals surface area contributed by atoms with Gasteiger partial charge in [-0.3, -0.25) is 14.4 Å². The fourth-order valence-corrected chi connectivity index (χ4v) is 3.21. The van der Waals surface area contributed by atoms with Crippen molar-refractivity contribution in [2.45, 2.75) is 32.0 Å². The van der Waals surface area contributed by atoms with Crippen molar-refractivity contribution in [3.63, 3.8) is 0 Å². The summed E-state index contributed by atoms with van der Waals surface area (Å²) in [6.07, 6.45) is 6.43. The first kappa shape index (κ1) is 16.8. The fraction of sp³-hybridized carbons (Fsp3) is 0.400. The summed E-state index contributed by atoms with van der Waals surface area (Å²) in [5, 5.41) is 7.46. The maximum Gasteiger partial charge on any atom is 0.272 e. The molecule has 0 radical (unpaired) electrons. The number of nitrogens with zero attached hydrogens (tertiary/aromatic N) is 3. The van der Waals surface area contributed by atoms with E-state index in [0.717, 1.165) is 56.0 Å². The summed E-state index contributed by atoms with van der Waals surface area (Å²) >= 11 is 0. The Balaban J connectivity index is 1.36. The Bertz CT molecular complexity index is 823. The Morgan fingerprint density at radius 2 is 2.19 bits per heavy atom. The zero-order valence-corrected chi connectivity index (χ0v) is 15.0. The molecule has 1 aromatic heterocycles. The number of fused-ring (bicyclic) bond motifs is 1. The average molecular weight is 352 g/mol. The lowest BCUT2D eigenvalue weighted by Gasteiger charge is -2.26. The summed E-state index contributed by atoms with van der Waals surface area (Å²) in [6, 6.07) is 10.3. The van der Waals surface area contributed by atoms with Crippen molar-refractivity contribution in [2.75, 3.05) is 20.2 Å². The Morgan fingerprint density at radius 1 is 1.35 bits per heavy atom. The van der Waals surface area contributed by atoms with Crippen LogP contribution < -0.4 is 10.1 Å². The van der Waals surface area contributed by atoms with Gasteiger partial charge in [-0.1, -0.05) is 30.4 Å². The minimum Gasteiger partial charge on any atom is -0.496 e. The van der Waals surface area contributed by atoms with Gasteiger partial charge in [-0.05, 0) is 25.0 Å². The zero-order valence-electron chi connectivity index (χ0n) is 15.0. The van der Waals surface area contributed by atoms with E-state index in [0.29, 0.717) is 11.7 Å². The maximum atomic E-state index is 12.2. The second-order valence-corrected chi connectivity index (χ2v) is 6.87. The van der Waals surface area contributed by atoms with Crippen LogP contribution in [-0.4, -0.2) is 46.8 Å². The van der Waals surface area contributed by atoms with Crippen molar-refractivity contribution in [2.24, 2.45) is 0 Å². The molecule has 26 heavy (non-hydrogen) atoms. The number of methoxy groups -OCH3 is 1. The molecule has 0 spiro atoms. The molecule has 1 saturated carbocycles. The summed E-state index contributed by atoms with van der Waals surface area (Å²) in [4.78, 5) is 14.5. The predicted octanol–water partition coefficient (Wildman–Crippen LogP) is 2.31.